The molecule has 9 nitrogen and oxygen atoms in total. The predicted molar refractivity (Wildman–Crippen MR) is 112 cm³/mol. The molecule has 0 saturated heterocycles. The molecule has 0 atom stereocenters. The van der Waals surface area contributed by atoms with Crippen molar-refractivity contribution in [1.82, 2.24) is 24.5 Å². The van der Waals surface area contributed by atoms with Crippen molar-refractivity contribution in [3.63, 3.8) is 0 Å². The Labute approximate surface area is 174 Å². The number of aliphatic carboxylic acids is 1. The topological polar surface area (TPSA) is 121 Å². The number of H-pyrrole nitrogens is 1. The Bertz CT molecular complexity index is 1380. The smallest absolute Gasteiger partial charge is 0.322 e. The summed E-state index contributed by atoms with van der Waals surface area (Å²) in [4.78, 5) is 40.9. The first-order chi connectivity index (χ1) is 14.3. The molecule has 0 unspecified atom stereocenters. The molecule has 0 saturated carbocycles. The molecule has 0 bridgehead atoms. The van der Waals surface area contributed by atoms with Crippen LogP contribution in [0, 0.1) is 13.8 Å². The van der Waals surface area contributed by atoms with E-state index in [-0.39, 0.29) is 11.2 Å². The Balaban J connectivity index is 1.82. The van der Waals surface area contributed by atoms with Gasteiger partial charge >= 0.3 is 5.97 Å². The van der Waals surface area contributed by atoms with Gasteiger partial charge in [-0.15, -0.1) is 0 Å². The predicted octanol–water partition coefficient (Wildman–Crippen LogP) is 2.10. The maximum absolute atomic E-state index is 12.7. The van der Waals surface area contributed by atoms with E-state index < -0.39 is 23.9 Å². The van der Waals surface area contributed by atoms with Crippen LogP contribution in [0.2, 0.25) is 0 Å². The number of aromatic amines is 1. The summed E-state index contributed by atoms with van der Waals surface area (Å²) in [6.45, 7) is 3.56. The Morgan fingerprint density at radius 1 is 1.30 bits per heavy atom. The van der Waals surface area contributed by atoms with Crippen LogP contribution >= 0.6 is 11.8 Å². The number of carbonyl (C=O) groups excluding carboxylic acids is 1. The third-order valence-corrected chi connectivity index (χ3v) is 6.22. The van der Waals surface area contributed by atoms with Crippen molar-refractivity contribution < 1.29 is 14.7 Å². The number of hydrogen-bond donors (Lipinski definition) is 3. The highest BCUT2D eigenvalue weighted by atomic mass is 32.2. The van der Waals surface area contributed by atoms with Crippen molar-refractivity contribution in [2.45, 2.75) is 23.8 Å². The molecule has 10 heteroatoms. The molecule has 0 aliphatic heterocycles. The Morgan fingerprint density at radius 3 is 2.80 bits per heavy atom. The summed E-state index contributed by atoms with van der Waals surface area (Å²) in [7, 11) is 2.00. The van der Waals surface area contributed by atoms with Crippen LogP contribution in [0.4, 0.5) is 0 Å². The van der Waals surface area contributed by atoms with E-state index in [9.17, 15) is 14.4 Å². The van der Waals surface area contributed by atoms with Gasteiger partial charge in [-0.2, -0.15) is 0 Å². The van der Waals surface area contributed by atoms with Crippen LogP contribution in [0.1, 0.15) is 21.6 Å². The molecular weight excluding hydrogens is 406 g/mol. The van der Waals surface area contributed by atoms with Gasteiger partial charge in [0, 0.05) is 29.1 Å². The van der Waals surface area contributed by atoms with Crippen molar-refractivity contribution in [3.8, 4) is 0 Å². The van der Waals surface area contributed by atoms with Crippen molar-refractivity contribution in [1.29, 1.82) is 0 Å². The molecule has 3 N–H and O–H groups in total. The zero-order chi connectivity index (χ0) is 21.6. The lowest BCUT2D eigenvalue weighted by Crippen LogP contribution is -2.33. The first kappa shape index (κ1) is 19.8. The van der Waals surface area contributed by atoms with Crippen molar-refractivity contribution in [2.24, 2.45) is 7.05 Å². The second-order valence-electron chi connectivity index (χ2n) is 6.87. The van der Waals surface area contributed by atoms with E-state index >= 15 is 0 Å². The van der Waals surface area contributed by atoms with E-state index in [2.05, 4.69) is 39.9 Å². The summed E-state index contributed by atoms with van der Waals surface area (Å²) in [6.07, 6.45) is 1.38. The number of carbonyl (C=O) groups is 2. The van der Waals surface area contributed by atoms with Crippen LogP contribution < -0.4 is 10.7 Å². The zero-order valence-electron chi connectivity index (χ0n) is 16.5. The lowest BCUT2D eigenvalue weighted by molar-refractivity contribution is -0.135. The van der Waals surface area contributed by atoms with Crippen LogP contribution in [0.3, 0.4) is 0 Å². The molecule has 3 aromatic heterocycles. The van der Waals surface area contributed by atoms with E-state index in [1.165, 1.54) is 29.7 Å². The number of aromatic nitrogens is 4. The number of benzene rings is 1. The summed E-state index contributed by atoms with van der Waals surface area (Å²) in [5.41, 5.74) is 2.82. The van der Waals surface area contributed by atoms with Crippen molar-refractivity contribution >= 4 is 40.2 Å². The fourth-order valence-corrected chi connectivity index (χ4v) is 4.59. The molecule has 4 aromatic rings. The van der Waals surface area contributed by atoms with Crippen LogP contribution in [-0.4, -0.2) is 42.7 Å². The highest BCUT2D eigenvalue weighted by Crippen LogP contribution is 2.36. The minimum absolute atomic E-state index is 0.138. The largest absolute Gasteiger partial charge is 0.480 e. The Morgan fingerprint density at radius 2 is 2.07 bits per heavy atom. The molecule has 30 heavy (non-hydrogen) atoms. The number of nitrogens with one attached hydrogen (secondary N) is 2. The average molecular weight is 425 g/mol. The van der Waals surface area contributed by atoms with Crippen LogP contribution in [0.5, 0.6) is 0 Å². The number of pyridine rings is 1. The molecular formula is C20H19N5O4S. The van der Waals surface area contributed by atoms with Gasteiger partial charge in [0.25, 0.3) is 5.91 Å². The molecule has 3 heterocycles. The van der Waals surface area contributed by atoms with Crippen LogP contribution in [0.15, 0.2) is 45.3 Å². The number of hydrogen-bond acceptors (Lipinski definition) is 5. The van der Waals surface area contributed by atoms with Crippen molar-refractivity contribution in [2.75, 3.05) is 6.54 Å². The van der Waals surface area contributed by atoms with Crippen LogP contribution in [-0.2, 0) is 11.8 Å². The van der Waals surface area contributed by atoms with Gasteiger partial charge in [-0.1, -0.05) is 23.9 Å². The molecule has 0 spiro atoms. The molecule has 1 aromatic carbocycles. The van der Waals surface area contributed by atoms with E-state index in [0.717, 1.165) is 21.5 Å². The first-order valence-electron chi connectivity index (χ1n) is 9.11. The highest BCUT2D eigenvalue weighted by Gasteiger charge is 2.21. The highest BCUT2D eigenvalue weighted by molar-refractivity contribution is 7.99. The lowest BCUT2D eigenvalue weighted by Gasteiger charge is -2.10. The number of para-hydroxylation sites is 1. The number of fused-ring (bicyclic) bond motifs is 2. The van der Waals surface area contributed by atoms with Gasteiger partial charge < -0.3 is 15.0 Å². The molecule has 4 rings (SSSR count). The molecule has 0 fully saturated rings. The number of amides is 1. The van der Waals surface area contributed by atoms with Crippen molar-refractivity contribution in [3.05, 3.63) is 57.6 Å². The Kier molecular flexibility index (Phi) is 4.86. The fourth-order valence-electron chi connectivity index (χ4n) is 3.48. The van der Waals surface area contributed by atoms with Crippen LogP contribution in [0.25, 0.3) is 16.6 Å². The minimum Gasteiger partial charge on any atom is -0.480 e. The van der Waals surface area contributed by atoms with E-state index in [1.807, 2.05) is 19.2 Å². The third kappa shape index (κ3) is 3.14. The second kappa shape index (κ2) is 7.38. The molecule has 0 aliphatic rings. The zero-order valence-corrected chi connectivity index (χ0v) is 17.3. The third-order valence-electron chi connectivity index (χ3n) is 5.16. The number of nitrogens with zero attached hydrogens (tertiary/aromatic N) is 3. The fraction of sp³-hybridized carbons (Fsp3) is 0.200. The summed E-state index contributed by atoms with van der Waals surface area (Å²) in [5.74, 6) is -1.98. The number of carboxylic acid groups (broad SMARTS) is 1. The molecule has 0 radical (unpaired) electrons. The number of rotatable bonds is 5. The Hall–Kier alpha value is -3.53. The SMILES string of the molecule is Cc1c(C)n(C)c2c(Sc3cc(=O)c(C(=O)NCC(=O)O)c4nc[nH]n34)cccc12. The maximum Gasteiger partial charge on any atom is 0.322 e. The quantitative estimate of drug-likeness (QED) is 0.450. The summed E-state index contributed by atoms with van der Waals surface area (Å²) < 4.78 is 3.66. The first-order valence-corrected chi connectivity index (χ1v) is 9.92. The van der Waals surface area contributed by atoms with E-state index in [1.54, 1.807) is 4.52 Å². The summed E-state index contributed by atoms with van der Waals surface area (Å²) in [5, 5.41) is 15.6. The normalized spacial score (nSPS) is 11.3. The number of aryl methyl sites for hydroxylation is 2. The minimum atomic E-state index is -1.20. The van der Waals surface area contributed by atoms with Gasteiger partial charge in [-0.3, -0.25) is 19.5 Å². The monoisotopic (exact) mass is 425 g/mol. The van der Waals surface area contributed by atoms with E-state index in [0.29, 0.717) is 5.03 Å². The van der Waals surface area contributed by atoms with Gasteiger partial charge in [-0.05, 0) is 25.5 Å². The summed E-state index contributed by atoms with van der Waals surface area (Å²) >= 11 is 1.39. The molecule has 1 amide bonds. The average Bonchev–Trinajstić information content (AvgIpc) is 3.27. The van der Waals surface area contributed by atoms with Gasteiger partial charge in [0.2, 0.25) is 0 Å². The lowest BCUT2D eigenvalue weighted by atomic mass is 10.1. The van der Waals surface area contributed by atoms with Gasteiger partial charge in [0.05, 0.1) is 5.52 Å². The maximum atomic E-state index is 12.7. The summed E-state index contributed by atoms with van der Waals surface area (Å²) in [6, 6.07) is 7.37. The van der Waals surface area contributed by atoms with Gasteiger partial charge in [0.1, 0.15) is 23.5 Å². The second-order valence-corrected chi connectivity index (χ2v) is 7.93. The standard InChI is InChI=1S/C20H19N5O4S/c1-10-11(2)24(3)18-12(10)5-4-6-14(18)30-15-7-13(26)17(19-22-9-23-25(15)19)20(29)21-8-16(27)28/h4-7,9H,8H2,1-3H3,(H,21,29)(H,22,23)(H,27,28). The molecule has 0 aliphatic carbocycles. The number of carboxylic acids is 1. The van der Waals surface area contributed by atoms with E-state index in [4.69, 9.17) is 5.11 Å². The van der Waals surface area contributed by atoms with Gasteiger partial charge in [0.15, 0.2) is 11.1 Å². The van der Waals surface area contributed by atoms with Gasteiger partial charge in [-0.25, -0.2) is 9.50 Å². The molecule has 154 valence electrons.